The van der Waals surface area contributed by atoms with Crippen molar-refractivity contribution in [3.8, 4) is 0 Å². The summed E-state index contributed by atoms with van der Waals surface area (Å²) in [5, 5.41) is 10.6. The number of imidazole rings is 1. The molecule has 0 atom stereocenters. The van der Waals surface area contributed by atoms with Gasteiger partial charge in [-0.2, -0.15) is 5.10 Å². The highest BCUT2D eigenvalue weighted by Crippen LogP contribution is 2.25. The first-order valence-corrected chi connectivity index (χ1v) is 11.6. The van der Waals surface area contributed by atoms with Gasteiger partial charge in [-0.1, -0.05) is 57.2 Å². The molecular formula is C27H30N6O2. The third kappa shape index (κ3) is 6.44. The standard InChI is InChI=1S/C27H30N6O2/c1-27(2,3)23-17-24(33(31-23)18-20-8-5-4-6-9-20)30-26(35)21-10-7-11-22(16-21)29-25(34)12-14-32-15-13-28-19-32/h4-11,13,15-17,19H,12,14,18H2,1-3H3,(H,29,34)(H,30,35). The van der Waals surface area contributed by atoms with Crippen molar-refractivity contribution < 1.29 is 9.59 Å². The number of anilines is 2. The lowest BCUT2D eigenvalue weighted by molar-refractivity contribution is -0.116. The molecule has 0 bridgehead atoms. The van der Waals surface area contributed by atoms with Gasteiger partial charge in [-0.3, -0.25) is 9.59 Å². The predicted octanol–water partition coefficient (Wildman–Crippen LogP) is 4.71. The molecular weight excluding hydrogens is 440 g/mol. The molecule has 0 spiro atoms. The molecule has 0 aliphatic rings. The van der Waals surface area contributed by atoms with Gasteiger partial charge in [-0.25, -0.2) is 9.67 Å². The smallest absolute Gasteiger partial charge is 0.256 e. The molecule has 2 amide bonds. The Morgan fingerprint density at radius 1 is 0.971 bits per heavy atom. The molecule has 4 aromatic rings. The van der Waals surface area contributed by atoms with Crippen LogP contribution in [0.15, 0.2) is 79.4 Å². The van der Waals surface area contributed by atoms with Crippen LogP contribution >= 0.6 is 0 Å². The van der Waals surface area contributed by atoms with E-state index in [0.29, 0.717) is 36.6 Å². The molecule has 0 saturated carbocycles. The van der Waals surface area contributed by atoms with E-state index in [1.54, 1.807) is 36.8 Å². The second-order valence-electron chi connectivity index (χ2n) is 9.44. The first kappa shape index (κ1) is 23.9. The highest BCUT2D eigenvalue weighted by molar-refractivity contribution is 6.05. The number of carbonyl (C=O) groups excluding carboxylic acids is 2. The zero-order chi connectivity index (χ0) is 24.8. The number of aromatic nitrogens is 4. The molecule has 2 N–H and O–H groups in total. The topological polar surface area (TPSA) is 93.8 Å². The maximum atomic E-state index is 13.1. The Kier molecular flexibility index (Phi) is 7.10. The number of nitrogens with zero attached hydrogens (tertiary/aromatic N) is 4. The van der Waals surface area contributed by atoms with Gasteiger partial charge in [0.05, 0.1) is 18.6 Å². The summed E-state index contributed by atoms with van der Waals surface area (Å²) in [4.78, 5) is 29.4. The van der Waals surface area contributed by atoms with Gasteiger partial charge in [0.2, 0.25) is 5.91 Å². The summed E-state index contributed by atoms with van der Waals surface area (Å²) in [7, 11) is 0. The van der Waals surface area contributed by atoms with Gasteiger partial charge in [-0.15, -0.1) is 0 Å². The lowest BCUT2D eigenvalue weighted by Crippen LogP contribution is -2.17. The molecule has 8 heteroatoms. The highest BCUT2D eigenvalue weighted by atomic mass is 16.2. The number of aryl methyl sites for hydroxylation is 1. The molecule has 0 radical (unpaired) electrons. The van der Waals surface area contributed by atoms with Crippen molar-refractivity contribution in [2.45, 2.75) is 45.7 Å². The maximum Gasteiger partial charge on any atom is 0.256 e. The Hall–Kier alpha value is -4.20. The minimum atomic E-state index is -0.269. The van der Waals surface area contributed by atoms with Crippen molar-refractivity contribution in [1.29, 1.82) is 0 Å². The molecule has 180 valence electrons. The fraction of sp³-hybridized carbons (Fsp3) is 0.259. The Balaban J connectivity index is 1.47. The number of nitrogens with one attached hydrogen (secondary N) is 2. The third-order valence-electron chi connectivity index (χ3n) is 5.53. The van der Waals surface area contributed by atoms with Gasteiger partial charge in [0.1, 0.15) is 5.82 Å². The molecule has 35 heavy (non-hydrogen) atoms. The summed E-state index contributed by atoms with van der Waals surface area (Å²) in [5.41, 5.74) is 2.83. The van der Waals surface area contributed by atoms with Gasteiger partial charge in [0, 0.05) is 48.1 Å². The van der Waals surface area contributed by atoms with Crippen LogP contribution in [0.1, 0.15) is 48.8 Å². The first-order valence-electron chi connectivity index (χ1n) is 11.6. The monoisotopic (exact) mass is 470 g/mol. The Labute approximate surface area is 205 Å². The van der Waals surface area contributed by atoms with Crippen LogP contribution in [0.3, 0.4) is 0 Å². The zero-order valence-electron chi connectivity index (χ0n) is 20.2. The molecule has 0 saturated heterocycles. The molecule has 8 nitrogen and oxygen atoms in total. The molecule has 0 aliphatic heterocycles. The normalized spacial score (nSPS) is 11.3. The van der Waals surface area contributed by atoms with Crippen LogP contribution in [0, 0.1) is 0 Å². The summed E-state index contributed by atoms with van der Waals surface area (Å²) in [6.45, 7) is 7.35. The molecule has 0 unspecified atom stereocenters. The lowest BCUT2D eigenvalue weighted by atomic mass is 9.92. The van der Waals surface area contributed by atoms with Gasteiger partial charge in [0.15, 0.2) is 0 Å². The largest absolute Gasteiger partial charge is 0.337 e. The van der Waals surface area contributed by atoms with Crippen molar-refractivity contribution in [3.63, 3.8) is 0 Å². The molecule has 2 heterocycles. The average molecular weight is 471 g/mol. The maximum absolute atomic E-state index is 13.1. The molecule has 2 aromatic carbocycles. The minimum Gasteiger partial charge on any atom is -0.337 e. The number of amides is 2. The lowest BCUT2D eigenvalue weighted by Gasteiger charge is -2.14. The Morgan fingerprint density at radius 3 is 2.49 bits per heavy atom. The molecule has 0 aliphatic carbocycles. The van der Waals surface area contributed by atoms with Gasteiger partial charge >= 0.3 is 0 Å². The van der Waals surface area contributed by atoms with E-state index in [-0.39, 0.29) is 17.2 Å². The van der Waals surface area contributed by atoms with Gasteiger partial charge < -0.3 is 15.2 Å². The third-order valence-corrected chi connectivity index (χ3v) is 5.53. The summed E-state index contributed by atoms with van der Waals surface area (Å²) in [6.07, 6.45) is 5.47. The quantitative estimate of drug-likeness (QED) is 0.390. The van der Waals surface area contributed by atoms with Crippen LogP contribution in [0.2, 0.25) is 0 Å². The molecule has 0 fully saturated rings. The number of rotatable bonds is 8. The van der Waals surface area contributed by atoms with E-state index in [4.69, 9.17) is 5.10 Å². The SMILES string of the molecule is CC(C)(C)c1cc(NC(=O)c2cccc(NC(=O)CCn3ccnc3)c2)n(Cc2ccccc2)n1. The number of hydrogen-bond acceptors (Lipinski definition) is 4. The second kappa shape index (κ2) is 10.4. The van der Waals surface area contributed by atoms with E-state index in [2.05, 4.69) is 36.4 Å². The van der Waals surface area contributed by atoms with Crippen molar-refractivity contribution in [3.05, 3.63) is 96.2 Å². The molecule has 4 rings (SSSR count). The van der Waals surface area contributed by atoms with Crippen molar-refractivity contribution in [1.82, 2.24) is 19.3 Å². The fourth-order valence-electron chi connectivity index (χ4n) is 3.56. The summed E-state index contributed by atoms with van der Waals surface area (Å²) >= 11 is 0. The van der Waals surface area contributed by atoms with Crippen molar-refractivity contribution in [2.24, 2.45) is 0 Å². The van der Waals surface area contributed by atoms with Crippen LogP contribution in [-0.2, 0) is 23.3 Å². The van der Waals surface area contributed by atoms with Gasteiger partial charge in [0.25, 0.3) is 5.91 Å². The van der Waals surface area contributed by atoms with E-state index >= 15 is 0 Å². The van der Waals surface area contributed by atoms with Crippen LogP contribution < -0.4 is 10.6 Å². The van der Waals surface area contributed by atoms with Crippen molar-refractivity contribution >= 4 is 23.3 Å². The first-order chi connectivity index (χ1) is 16.8. The highest BCUT2D eigenvalue weighted by Gasteiger charge is 2.21. The van der Waals surface area contributed by atoms with Crippen molar-refractivity contribution in [2.75, 3.05) is 10.6 Å². The summed E-state index contributed by atoms with van der Waals surface area (Å²) < 4.78 is 3.66. The minimum absolute atomic E-state index is 0.132. The zero-order valence-corrected chi connectivity index (χ0v) is 20.2. The van der Waals surface area contributed by atoms with E-state index in [1.165, 1.54) is 0 Å². The summed E-state index contributed by atoms with van der Waals surface area (Å²) in [5.74, 6) is 0.222. The summed E-state index contributed by atoms with van der Waals surface area (Å²) in [6, 6.07) is 18.8. The van der Waals surface area contributed by atoms with Crippen LogP contribution in [0.5, 0.6) is 0 Å². The number of benzene rings is 2. The van der Waals surface area contributed by atoms with Gasteiger partial charge in [-0.05, 0) is 23.8 Å². The fourth-order valence-corrected chi connectivity index (χ4v) is 3.56. The second-order valence-corrected chi connectivity index (χ2v) is 9.44. The van der Waals surface area contributed by atoms with E-state index in [0.717, 1.165) is 11.3 Å². The number of hydrogen-bond donors (Lipinski definition) is 2. The average Bonchev–Trinajstić information content (AvgIpc) is 3.49. The Bertz CT molecular complexity index is 1290. The Morgan fingerprint density at radius 2 is 1.77 bits per heavy atom. The predicted molar refractivity (Wildman–Crippen MR) is 136 cm³/mol. The van der Waals surface area contributed by atoms with E-state index in [9.17, 15) is 9.59 Å². The van der Waals surface area contributed by atoms with E-state index in [1.807, 2.05) is 51.8 Å². The number of carbonyl (C=O) groups is 2. The molecule has 2 aromatic heterocycles. The van der Waals surface area contributed by atoms with Crippen LogP contribution in [0.25, 0.3) is 0 Å². The van der Waals surface area contributed by atoms with Crippen LogP contribution in [-0.4, -0.2) is 31.1 Å². The van der Waals surface area contributed by atoms with E-state index < -0.39 is 0 Å². The van der Waals surface area contributed by atoms with Crippen LogP contribution in [0.4, 0.5) is 11.5 Å².